The van der Waals surface area contributed by atoms with Crippen molar-refractivity contribution in [3.63, 3.8) is 0 Å². The molecule has 3 rings (SSSR count). The van der Waals surface area contributed by atoms with Crippen LogP contribution < -0.4 is 0 Å². The molecule has 5 nitrogen and oxygen atoms in total. The number of carboxylic acids is 1. The summed E-state index contributed by atoms with van der Waals surface area (Å²) in [4.78, 5) is 24.1. The smallest absolute Gasteiger partial charge is 0.308 e. The first-order valence-corrected chi connectivity index (χ1v) is 8.71. The molecule has 0 amide bonds. The Kier molecular flexibility index (Phi) is 4.73. The van der Waals surface area contributed by atoms with Crippen LogP contribution >= 0.6 is 11.3 Å². The third-order valence-electron chi connectivity index (χ3n) is 4.37. The van der Waals surface area contributed by atoms with Gasteiger partial charge < -0.3 is 5.11 Å². The van der Waals surface area contributed by atoms with Gasteiger partial charge in [-0.25, -0.2) is 4.98 Å². The van der Waals surface area contributed by atoms with Crippen LogP contribution in [0.25, 0.3) is 0 Å². The van der Waals surface area contributed by atoms with Gasteiger partial charge in [0.1, 0.15) is 0 Å². The van der Waals surface area contributed by atoms with Crippen molar-refractivity contribution < 1.29 is 9.90 Å². The van der Waals surface area contributed by atoms with Gasteiger partial charge in [-0.05, 0) is 25.5 Å². The molecule has 122 valence electrons. The van der Waals surface area contributed by atoms with E-state index in [0.29, 0.717) is 6.54 Å². The fraction of sp³-hybridized carbons (Fsp3) is 0.471. The van der Waals surface area contributed by atoms with Gasteiger partial charge in [-0.1, -0.05) is 13.0 Å². The van der Waals surface area contributed by atoms with Crippen LogP contribution in [0.5, 0.6) is 0 Å². The topological polar surface area (TPSA) is 66.3 Å². The van der Waals surface area contributed by atoms with Crippen LogP contribution in [0.4, 0.5) is 0 Å². The van der Waals surface area contributed by atoms with Crippen LogP contribution in [-0.2, 0) is 17.8 Å². The fourth-order valence-electron chi connectivity index (χ4n) is 3.27. The molecule has 2 atom stereocenters. The molecule has 1 fully saturated rings. The van der Waals surface area contributed by atoms with Gasteiger partial charge in [0, 0.05) is 42.3 Å². The lowest BCUT2D eigenvalue weighted by molar-refractivity contribution is -0.141. The first kappa shape index (κ1) is 16.1. The molecular weight excluding hydrogens is 310 g/mol. The van der Waals surface area contributed by atoms with E-state index in [9.17, 15) is 9.90 Å². The Morgan fingerprint density at radius 3 is 2.91 bits per heavy atom. The van der Waals surface area contributed by atoms with Crippen LogP contribution in [-0.4, -0.2) is 39.0 Å². The molecule has 0 aromatic carbocycles. The molecule has 0 unspecified atom stereocenters. The molecule has 1 aliphatic rings. The van der Waals surface area contributed by atoms with Crippen molar-refractivity contribution in [2.45, 2.75) is 32.7 Å². The minimum absolute atomic E-state index is 0.0483. The SMILES string of the molecule is CCc1nc(C)sc1CN1C[C@@H](C(=O)O)[C@H](c2ccccn2)C1. The van der Waals surface area contributed by atoms with Crippen molar-refractivity contribution >= 4 is 17.3 Å². The Balaban J connectivity index is 1.79. The zero-order valence-corrected chi connectivity index (χ0v) is 14.2. The lowest BCUT2D eigenvalue weighted by Crippen LogP contribution is -2.23. The number of rotatable bonds is 5. The van der Waals surface area contributed by atoms with Crippen molar-refractivity contribution in [2.24, 2.45) is 5.92 Å². The number of aromatic nitrogens is 2. The molecule has 0 radical (unpaired) electrons. The number of carboxylic acid groups (broad SMARTS) is 1. The van der Waals surface area contributed by atoms with E-state index in [2.05, 4.69) is 21.8 Å². The normalized spacial score (nSPS) is 21.7. The average molecular weight is 331 g/mol. The summed E-state index contributed by atoms with van der Waals surface area (Å²) in [7, 11) is 0. The summed E-state index contributed by atoms with van der Waals surface area (Å²) in [6, 6.07) is 5.71. The maximum Gasteiger partial charge on any atom is 0.308 e. The Morgan fingerprint density at radius 1 is 1.43 bits per heavy atom. The number of likely N-dealkylation sites (tertiary alicyclic amines) is 1. The second kappa shape index (κ2) is 6.76. The summed E-state index contributed by atoms with van der Waals surface area (Å²) in [6.45, 7) is 6.21. The van der Waals surface area contributed by atoms with E-state index in [0.717, 1.165) is 35.9 Å². The van der Waals surface area contributed by atoms with Gasteiger partial charge in [0.25, 0.3) is 0 Å². The highest BCUT2D eigenvalue weighted by atomic mass is 32.1. The van der Waals surface area contributed by atoms with Crippen LogP contribution in [0.3, 0.4) is 0 Å². The Hall–Kier alpha value is -1.79. The van der Waals surface area contributed by atoms with Gasteiger partial charge in [-0.2, -0.15) is 0 Å². The maximum absolute atomic E-state index is 11.6. The van der Waals surface area contributed by atoms with Gasteiger partial charge in [0.2, 0.25) is 0 Å². The highest BCUT2D eigenvalue weighted by Gasteiger charge is 2.39. The molecule has 2 aromatic heterocycles. The molecule has 1 N–H and O–H groups in total. The van der Waals surface area contributed by atoms with Crippen LogP contribution in [0, 0.1) is 12.8 Å². The lowest BCUT2D eigenvalue weighted by atomic mass is 9.93. The van der Waals surface area contributed by atoms with Gasteiger partial charge in [-0.3, -0.25) is 14.7 Å². The molecule has 1 saturated heterocycles. The van der Waals surface area contributed by atoms with Crippen molar-refractivity contribution in [3.05, 3.63) is 45.7 Å². The van der Waals surface area contributed by atoms with Gasteiger partial charge in [0.15, 0.2) is 0 Å². The maximum atomic E-state index is 11.6. The molecule has 0 aliphatic carbocycles. The molecule has 0 bridgehead atoms. The number of pyridine rings is 1. The van der Waals surface area contributed by atoms with Crippen molar-refractivity contribution in [3.8, 4) is 0 Å². The monoisotopic (exact) mass is 331 g/mol. The van der Waals surface area contributed by atoms with Crippen molar-refractivity contribution in [1.82, 2.24) is 14.9 Å². The van der Waals surface area contributed by atoms with E-state index in [4.69, 9.17) is 0 Å². The van der Waals surface area contributed by atoms with E-state index in [1.807, 2.05) is 25.1 Å². The predicted molar refractivity (Wildman–Crippen MR) is 89.6 cm³/mol. The first-order valence-electron chi connectivity index (χ1n) is 7.89. The Morgan fingerprint density at radius 2 is 2.26 bits per heavy atom. The van der Waals surface area contributed by atoms with Crippen molar-refractivity contribution in [2.75, 3.05) is 13.1 Å². The number of aryl methyl sites for hydroxylation is 2. The van der Waals surface area contributed by atoms with E-state index in [1.54, 1.807) is 17.5 Å². The number of hydrogen-bond acceptors (Lipinski definition) is 5. The van der Waals surface area contributed by atoms with E-state index < -0.39 is 11.9 Å². The molecule has 6 heteroatoms. The third kappa shape index (κ3) is 3.43. The number of thiazole rings is 1. The summed E-state index contributed by atoms with van der Waals surface area (Å²) < 4.78 is 0. The lowest BCUT2D eigenvalue weighted by Gasteiger charge is -2.15. The zero-order valence-electron chi connectivity index (χ0n) is 13.4. The molecule has 1 aliphatic heterocycles. The summed E-state index contributed by atoms with van der Waals surface area (Å²) >= 11 is 1.72. The summed E-state index contributed by atoms with van der Waals surface area (Å²) in [6.07, 6.45) is 2.65. The molecule has 0 saturated carbocycles. The summed E-state index contributed by atoms with van der Waals surface area (Å²) in [5, 5.41) is 10.6. The molecular formula is C17H21N3O2S. The first-order chi connectivity index (χ1) is 11.1. The van der Waals surface area contributed by atoms with Crippen LogP contribution in [0.1, 0.15) is 34.1 Å². The number of hydrogen-bond donors (Lipinski definition) is 1. The number of carbonyl (C=O) groups is 1. The molecule has 23 heavy (non-hydrogen) atoms. The Bertz CT molecular complexity index is 686. The van der Waals surface area contributed by atoms with Crippen LogP contribution in [0.2, 0.25) is 0 Å². The molecule has 2 aromatic rings. The highest BCUT2D eigenvalue weighted by Crippen LogP contribution is 2.33. The summed E-state index contributed by atoms with van der Waals surface area (Å²) in [5.74, 6) is -1.18. The largest absolute Gasteiger partial charge is 0.481 e. The van der Waals surface area contributed by atoms with Gasteiger partial charge in [0.05, 0.1) is 16.6 Å². The number of nitrogens with zero attached hydrogens (tertiary/aromatic N) is 3. The Labute approximate surface area is 140 Å². The van der Waals surface area contributed by atoms with E-state index in [-0.39, 0.29) is 5.92 Å². The van der Waals surface area contributed by atoms with Gasteiger partial charge in [-0.15, -0.1) is 11.3 Å². The van der Waals surface area contributed by atoms with E-state index >= 15 is 0 Å². The van der Waals surface area contributed by atoms with Gasteiger partial charge >= 0.3 is 5.97 Å². The third-order valence-corrected chi connectivity index (χ3v) is 5.37. The molecule has 0 spiro atoms. The summed E-state index contributed by atoms with van der Waals surface area (Å²) in [5.41, 5.74) is 2.01. The zero-order chi connectivity index (χ0) is 16.4. The van der Waals surface area contributed by atoms with Crippen molar-refractivity contribution in [1.29, 1.82) is 0 Å². The second-order valence-electron chi connectivity index (χ2n) is 5.96. The number of aliphatic carboxylic acids is 1. The minimum atomic E-state index is -0.737. The highest BCUT2D eigenvalue weighted by molar-refractivity contribution is 7.11. The standard InChI is InChI=1S/C17H21N3O2S/c1-3-14-16(23-11(2)19-14)10-20-8-12(13(9-20)17(21)22)15-6-4-5-7-18-15/h4-7,12-13H,3,8-10H2,1-2H3,(H,21,22)/t12-,13-/m1/s1. The quantitative estimate of drug-likeness (QED) is 0.912. The predicted octanol–water partition coefficient (Wildman–Crippen LogP) is 2.71. The minimum Gasteiger partial charge on any atom is -0.481 e. The van der Waals surface area contributed by atoms with Crippen LogP contribution in [0.15, 0.2) is 24.4 Å². The average Bonchev–Trinajstić information content (AvgIpc) is 3.12. The second-order valence-corrected chi connectivity index (χ2v) is 7.24. The van der Waals surface area contributed by atoms with E-state index in [1.165, 1.54) is 4.88 Å². The fourth-order valence-corrected chi connectivity index (χ4v) is 4.34. The molecule has 3 heterocycles.